The Morgan fingerprint density at radius 3 is 2.73 bits per heavy atom. The summed E-state index contributed by atoms with van der Waals surface area (Å²) in [6.07, 6.45) is 2.00. The van der Waals surface area contributed by atoms with Gasteiger partial charge in [-0.1, -0.05) is 0 Å². The van der Waals surface area contributed by atoms with Gasteiger partial charge in [0.15, 0.2) is 5.76 Å². The molecule has 1 rings (SSSR count). The van der Waals surface area contributed by atoms with Crippen LogP contribution in [0.3, 0.4) is 0 Å². The van der Waals surface area contributed by atoms with Gasteiger partial charge < -0.3 is 14.8 Å². The molecule has 0 saturated carbocycles. The van der Waals surface area contributed by atoms with Gasteiger partial charge in [-0.2, -0.15) is 0 Å². The maximum absolute atomic E-state index is 11.7. The molecular formula is C11H17NO3. The minimum atomic E-state index is -0.426. The van der Waals surface area contributed by atoms with Crippen LogP contribution < -0.4 is 5.32 Å². The number of amides is 1. The molecular weight excluding hydrogens is 194 g/mol. The Hall–Kier alpha value is -1.29. The third-order valence-electron chi connectivity index (χ3n) is 2.26. The molecule has 1 amide bonds. The second-order valence-corrected chi connectivity index (χ2v) is 4.24. The third-order valence-corrected chi connectivity index (χ3v) is 2.26. The van der Waals surface area contributed by atoms with E-state index in [1.54, 1.807) is 6.07 Å². The van der Waals surface area contributed by atoms with E-state index in [1.165, 1.54) is 6.26 Å². The number of rotatable bonds is 4. The quantitative estimate of drug-likeness (QED) is 0.793. The van der Waals surface area contributed by atoms with Crippen molar-refractivity contribution in [3.8, 4) is 0 Å². The van der Waals surface area contributed by atoms with Crippen molar-refractivity contribution >= 4 is 5.91 Å². The van der Waals surface area contributed by atoms with Crippen molar-refractivity contribution in [2.45, 2.75) is 32.7 Å². The predicted octanol–water partition coefficient (Wildman–Crippen LogP) is 1.48. The van der Waals surface area contributed by atoms with Gasteiger partial charge in [0.05, 0.1) is 6.26 Å². The first kappa shape index (κ1) is 11.8. The van der Waals surface area contributed by atoms with Gasteiger partial charge in [-0.25, -0.2) is 0 Å². The molecule has 1 aromatic heterocycles. The monoisotopic (exact) mass is 211 g/mol. The number of nitrogens with one attached hydrogen (secondary N) is 1. The predicted molar refractivity (Wildman–Crippen MR) is 56.7 cm³/mol. The molecule has 0 aliphatic heterocycles. The number of hydrogen-bond acceptors (Lipinski definition) is 3. The van der Waals surface area contributed by atoms with Gasteiger partial charge in [0, 0.05) is 17.7 Å². The van der Waals surface area contributed by atoms with Gasteiger partial charge in [-0.05, 0) is 33.3 Å². The highest BCUT2D eigenvalue weighted by Crippen LogP contribution is 2.12. The summed E-state index contributed by atoms with van der Waals surface area (Å²) in [5.74, 6) is 0.0944. The van der Waals surface area contributed by atoms with Crippen LogP contribution in [-0.4, -0.2) is 23.2 Å². The highest BCUT2D eigenvalue weighted by molar-refractivity contribution is 5.93. The molecule has 0 fully saturated rings. The largest absolute Gasteiger partial charge is 0.459 e. The molecule has 0 aliphatic carbocycles. The normalized spacial score (nSPS) is 11.5. The first-order valence-corrected chi connectivity index (χ1v) is 4.94. The third kappa shape index (κ3) is 3.09. The highest BCUT2D eigenvalue weighted by atomic mass is 16.3. The van der Waals surface area contributed by atoms with Crippen LogP contribution >= 0.6 is 0 Å². The molecule has 0 unspecified atom stereocenters. The van der Waals surface area contributed by atoms with Crippen molar-refractivity contribution in [2.75, 3.05) is 6.61 Å². The summed E-state index contributed by atoms with van der Waals surface area (Å²) in [5.41, 5.74) is 0.387. The number of aliphatic hydroxyl groups excluding tert-OH is 1. The van der Waals surface area contributed by atoms with Crippen molar-refractivity contribution in [2.24, 2.45) is 0 Å². The Morgan fingerprint density at radius 2 is 2.27 bits per heavy atom. The standard InChI is InChI=1S/C11H17NO3/c1-8-4-7-15-9(8)10(14)12-11(2,3)5-6-13/h4,7,13H,5-6H2,1-3H3,(H,12,14). The molecule has 0 aliphatic rings. The van der Waals surface area contributed by atoms with Crippen LogP contribution in [0.2, 0.25) is 0 Å². The van der Waals surface area contributed by atoms with E-state index in [4.69, 9.17) is 9.52 Å². The summed E-state index contributed by atoms with van der Waals surface area (Å²) in [6.45, 7) is 5.58. The average molecular weight is 211 g/mol. The van der Waals surface area contributed by atoms with E-state index in [2.05, 4.69) is 5.32 Å². The van der Waals surface area contributed by atoms with Crippen molar-refractivity contribution in [1.29, 1.82) is 0 Å². The fourth-order valence-electron chi connectivity index (χ4n) is 1.31. The molecule has 0 atom stereocenters. The van der Waals surface area contributed by atoms with Crippen LogP contribution in [0.1, 0.15) is 36.4 Å². The van der Waals surface area contributed by atoms with Gasteiger partial charge in [0.2, 0.25) is 0 Å². The van der Waals surface area contributed by atoms with E-state index in [0.717, 1.165) is 5.56 Å². The first-order valence-electron chi connectivity index (χ1n) is 4.94. The first-order chi connectivity index (χ1) is 6.96. The summed E-state index contributed by atoms with van der Waals surface area (Å²) < 4.78 is 5.08. The van der Waals surface area contributed by atoms with Crippen LogP contribution in [0.15, 0.2) is 16.7 Å². The lowest BCUT2D eigenvalue weighted by atomic mass is 10.0. The number of furan rings is 1. The zero-order valence-corrected chi connectivity index (χ0v) is 9.33. The van der Waals surface area contributed by atoms with Gasteiger partial charge in [0.25, 0.3) is 5.91 Å². The van der Waals surface area contributed by atoms with Crippen molar-refractivity contribution in [1.82, 2.24) is 5.32 Å². The maximum atomic E-state index is 11.7. The van der Waals surface area contributed by atoms with E-state index in [0.29, 0.717) is 12.2 Å². The van der Waals surface area contributed by atoms with E-state index < -0.39 is 5.54 Å². The van der Waals surface area contributed by atoms with E-state index in [1.807, 2.05) is 20.8 Å². The van der Waals surface area contributed by atoms with E-state index >= 15 is 0 Å². The number of carbonyl (C=O) groups is 1. The van der Waals surface area contributed by atoms with Crippen LogP contribution in [0.4, 0.5) is 0 Å². The molecule has 84 valence electrons. The summed E-state index contributed by atoms with van der Waals surface area (Å²) in [7, 11) is 0. The maximum Gasteiger partial charge on any atom is 0.287 e. The Morgan fingerprint density at radius 1 is 1.60 bits per heavy atom. The SMILES string of the molecule is Cc1ccoc1C(=O)NC(C)(C)CCO. The molecule has 0 radical (unpaired) electrons. The molecule has 4 heteroatoms. The molecule has 0 bridgehead atoms. The highest BCUT2D eigenvalue weighted by Gasteiger charge is 2.22. The van der Waals surface area contributed by atoms with Crippen molar-refractivity contribution in [3.05, 3.63) is 23.7 Å². The number of aryl methyl sites for hydroxylation is 1. The van der Waals surface area contributed by atoms with Gasteiger partial charge in [-0.3, -0.25) is 4.79 Å². The topological polar surface area (TPSA) is 62.5 Å². The average Bonchev–Trinajstić information content (AvgIpc) is 2.50. The second kappa shape index (κ2) is 4.49. The van der Waals surface area contributed by atoms with Gasteiger partial charge in [-0.15, -0.1) is 0 Å². The van der Waals surface area contributed by atoms with Crippen molar-refractivity contribution in [3.63, 3.8) is 0 Å². The van der Waals surface area contributed by atoms with Crippen molar-refractivity contribution < 1.29 is 14.3 Å². The Kier molecular flexibility index (Phi) is 3.52. The fraction of sp³-hybridized carbons (Fsp3) is 0.545. The zero-order valence-electron chi connectivity index (χ0n) is 9.33. The summed E-state index contributed by atoms with van der Waals surface area (Å²) in [4.78, 5) is 11.7. The summed E-state index contributed by atoms with van der Waals surface area (Å²) in [5, 5.41) is 11.6. The fourth-order valence-corrected chi connectivity index (χ4v) is 1.31. The minimum absolute atomic E-state index is 0.0460. The second-order valence-electron chi connectivity index (χ2n) is 4.24. The Labute approximate surface area is 89.3 Å². The lowest BCUT2D eigenvalue weighted by Crippen LogP contribution is -2.44. The van der Waals surface area contributed by atoms with E-state index in [9.17, 15) is 4.79 Å². The summed E-state index contributed by atoms with van der Waals surface area (Å²) >= 11 is 0. The van der Waals surface area contributed by atoms with Crippen LogP contribution in [0.5, 0.6) is 0 Å². The van der Waals surface area contributed by atoms with Crippen LogP contribution in [0, 0.1) is 6.92 Å². The Balaban J connectivity index is 2.68. The molecule has 0 saturated heterocycles. The molecule has 1 heterocycles. The molecule has 4 nitrogen and oxygen atoms in total. The number of hydrogen-bond donors (Lipinski definition) is 2. The molecule has 0 spiro atoms. The zero-order chi connectivity index (χ0) is 11.5. The molecule has 2 N–H and O–H groups in total. The smallest absolute Gasteiger partial charge is 0.287 e. The molecule has 0 aromatic carbocycles. The molecule has 1 aromatic rings. The van der Waals surface area contributed by atoms with Gasteiger partial charge >= 0.3 is 0 Å². The number of carbonyl (C=O) groups excluding carboxylic acids is 1. The Bertz CT molecular complexity index is 341. The van der Waals surface area contributed by atoms with Crippen LogP contribution in [0.25, 0.3) is 0 Å². The minimum Gasteiger partial charge on any atom is -0.459 e. The number of aliphatic hydroxyl groups is 1. The summed E-state index contributed by atoms with van der Waals surface area (Å²) in [6, 6.07) is 1.74. The molecule has 15 heavy (non-hydrogen) atoms. The lowest BCUT2D eigenvalue weighted by molar-refractivity contribution is 0.0870. The lowest BCUT2D eigenvalue weighted by Gasteiger charge is -2.24. The van der Waals surface area contributed by atoms with Crippen LogP contribution in [-0.2, 0) is 0 Å². The van der Waals surface area contributed by atoms with E-state index in [-0.39, 0.29) is 12.5 Å². The van der Waals surface area contributed by atoms with Gasteiger partial charge in [0.1, 0.15) is 0 Å².